The Morgan fingerprint density at radius 3 is 2.80 bits per heavy atom. The first-order valence-electron chi connectivity index (χ1n) is 6.26. The van der Waals surface area contributed by atoms with Gasteiger partial charge in [-0.25, -0.2) is 0 Å². The summed E-state index contributed by atoms with van der Waals surface area (Å²) in [5.74, 6) is 0.831. The Bertz CT molecular complexity index is 466. The van der Waals surface area contributed by atoms with E-state index in [9.17, 15) is 15.2 Å². The van der Waals surface area contributed by atoms with Crippen LogP contribution < -0.4 is 10.1 Å². The first kappa shape index (κ1) is 16.6. The summed E-state index contributed by atoms with van der Waals surface area (Å²) in [6, 6.07) is 4.59. The summed E-state index contributed by atoms with van der Waals surface area (Å²) >= 11 is 1.56. The lowest BCUT2D eigenvalue weighted by Crippen LogP contribution is -2.36. The van der Waals surface area contributed by atoms with E-state index >= 15 is 0 Å². The predicted octanol–water partition coefficient (Wildman–Crippen LogP) is 2.52. The Balaban J connectivity index is 2.82. The van der Waals surface area contributed by atoms with E-state index in [1.54, 1.807) is 37.7 Å². The normalized spacial score (nSPS) is 13.6. The van der Waals surface area contributed by atoms with E-state index in [2.05, 4.69) is 5.32 Å². The summed E-state index contributed by atoms with van der Waals surface area (Å²) in [6.07, 6.45) is 1.92. The van der Waals surface area contributed by atoms with Gasteiger partial charge < -0.3 is 15.2 Å². The molecule has 0 aromatic heterocycles. The highest BCUT2D eigenvalue weighted by molar-refractivity contribution is 7.98. The molecule has 0 aliphatic heterocycles. The quantitative estimate of drug-likeness (QED) is 0.567. The number of benzene rings is 1. The van der Waals surface area contributed by atoms with Crippen molar-refractivity contribution in [3.63, 3.8) is 0 Å². The van der Waals surface area contributed by atoms with Crippen LogP contribution in [-0.2, 0) is 0 Å². The molecule has 0 heterocycles. The molecule has 1 rings (SSSR count). The second-order valence-corrected chi connectivity index (χ2v) is 5.52. The third kappa shape index (κ3) is 4.90. The third-order valence-electron chi connectivity index (χ3n) is 2.58. The molecule has 0 saturated carbocycles. The molecule has 20 heavy (non-hydrogen) atoms. The monoisotopic (exact) mass is 300 g/mol. The Morgan fingerprint density at radius 1 is 1.55 bits per heavy atom. The lowest BCUT2D eigenvalue weighted by atomic mass is 10.1. The Hall–Kier alpha value is -1.47. The van der Waals surface area contributed by atoms with Crippen molar-refractivity contribution in [3.05, 3.63) is 28.3 Å². The van der Waals surface area contributed by atoms with Crippen molar-refractivity contribution in [2.24, 2.45) is 0 Å². The molecule has 1 unspecified atom stereocenters. The van der Waals surface area contributed by atoms with Gasteiger partial charge >= 0.3 is 5.69 Å². The largest absolute Gasteiger partial charge is 0.487 e. The van der Waals surface area contributed by atoms with Crippen LogP contribution in [0.5, 0.6) is 5.75 Å². The summed E-state index contributed by atoms with van der Waals surface area (Å²) in [7, 11) is 0. The van der Waals surface area contributed by atoms with E-state index in [1.165, 1.54) is 6.07 Å². The number of rotatable bonds is 8. The van der Waals surface area contributed by atoms with Crippen LogP contribution in [0.3, 0.4) is 0 Å². The van der Waals surface area contributed by atoms with Crippen molar-refractivity contribution >= 4 is 23.1 Å². The average molecular weight is 300 g/mol. The van der Waals surface area contributed by atoms with Gasteiger partial charge in [0.2, 0.25) is 0 Å². The zero-order valence-electron chi connectivity index (χ0n) is 11.9. The lowest BCUT2D eigenvalue weighted by Gasteiger charge is -2.23. The minimum Gasteiger partial charge on any atom is -0.487 e. The fourth-order valence-corrected chi connectivity index (χ4v) is 2.42. The molecule has 112 valence electrons. The van der Waals surface area contributed by atoms with E-state index in [1.807, 2.05) is 6.26 Å². The van der Waals surface area contributed by atoms with Crippen LogP contribution >= 0.6 is 11.8 Å². The summed E-state index contributed by atoms with van der Waals surface area (Å²) in [6.45, 7) is 4.23. The van der Waals surface area contributed by atoms with Gasteiger partial charge in [0.1, 0.15) is 0 Å². The zero-order chi connectivity index (χ0) is 15.2. The van der Waals surface area contributed by atoms with Gasteiger partial charge in [-0.2, -0.15) is 11.8 Å². The summed E-state index contributed by atoms with van der Waals surface area (Å²) in [4.78, 5) is 10.4. The van der Waals surface area contributed by atoms with Gasteiger partial charge in [-0.15, -0.1) is 0 Å². The fraction of sp³-hybridized carbons (Fsp3) is 0.538. The molecular formula is C13H20N2O4S. The number of nitro benzene ring substituents is 1. The van der Waals surface area contributed by atoms with Crippen LogP contribution in [0, 0.1) is 10.1 Å². The van der Waals surface area contributed by atoms with Crippen LogP contribution in [-0.4, -0.2) is 40.8 Å². The molecule has 0 radical (unpaired) electrons. The highest BCUT2D eigenvalue weighted by atomic mass is 32.2. The van der Waals surface area contributed by atoms with Crippen molar-refractivity contribution in [1.82, 2.24) is 0 Å². The van der Waals surface area contributed by atoms with E-state index in [0.29, 0.717) is 24.6 Å². The summed E-state index contributed by atoms with van der Waals surface area (Å²) in [5, 5.41) is 24.0. The van der Waals surface area contributed by atoms with Crippen molar-refractivity contribution in [2.75, 3.05) is 30.5 Å². The van der Waals surface area contributed by atoms with Gasteiger partial charge in [0.05, 0.1) is 17.1 Å². The maximum absolute atomic E-state index is 10.9. The number of hydrogen-bond acceptors (Lipinski definition) is 6. The SMILES string of the molecule is CCOc1cc(NCC(C)(O)CSC)ccc1[N+](=O)[O-]. The third-order valence-corrected chi connectivity index (χ3v) is 3.50. The number of hydrogen-bond donors (Lipinski definition) is 2. The standard InChI is InChI=1S/C13H20N2O4S/c1-4-19-12-7-10(5-6-11(12)15(17)18)14-8-13(2,16)9-20-3/h5-7,14,16H,4,8-9H2,1-3H3. The number of anilines is 1. The van der Waals surface area contributed by atoms with E-state index < -0.39 is 10.5 Å². The van der Waals surface area contributed by atoms with Gasteiger partial charge in [0, 0.05) is 30.1 Å². The molecule has 0 bridgehead atoms. The van der Waals surface area contributed by atoms with Gasteiger partial charge in [0.15, 0.2) is 5.75 Å². The minimum absolute atomic E-state index is 0.0618. The Labute approximate surface area is 122 Å². The maximum atomic E-state index is 10.9. The van der Waals surface area contributed by atoms with Gasteiger partial charge in [-0.05, 0) is 26.2 Å². The molecule has 0 fully saturated rings. The van der Waals surface area contributed by atoms with E-state index in [-0.39, 0.29) is 11.4 Å². The summed E-state index contributed by atoms with van der Waals surface area (Å²) < 4.78 is 5.27. The molecule has 7 heteroatoms. The van der Waals surface area contributed by atoms with Crippen molar-refractivity contribution in [1.29, 1.82) is 0 Å². The molecule has 1 atom stereocenters. The second kappa shape index (κ2) is 7.35. The fourth-order valence-electron chi connectivity index (χ4n) is 1.70. The minimum atomic E-state index is -0.840. The number of nitro groups is 1. The topological polar surface area (TPSA) is 84.6 Å². The molecular weight excluding hydrogens is 280 g/mol. The maximum Gasteiger partial charge on any atom is 0.311 e. The lowest BCUT2D eigenvalue weighted by molar-refractivity contribution is -0.385. The van der Waals surface area contributed by atoms with Crippen LogP contribution in [0.1, 0.15) is 13.8 Å². The predicted molar refractivity (Wildman–Crippen MR) is 81.8 cm³/mol. The first-order valence-corrected chi connectivity index (χ1v) is 7.65. The molecule has 0 amide bonds. The molecule has 1 aromatic rings. The first-order chi connectivity index (χ1) is 9.39. The highest BCUT2D eigenvalue weighted by Gasteiger charge is 2.20. The number of nitrogens with zero attached hydrogens (tertiary/aromatic N) is 1. The molecule has 0 aliphatic rings. The number of thioether (sulfide) groups is 1. The van der Waals surface area contributed by atoms with E-state index in [0.717, 1.165) is 0 Å². The average Bonchev–Trinajstić information content (AvgIpc) is 2.37. The van der Waals surface area contributed by atoms with Crippen LogP contribution in [0.2, 0.25) is 0 Å². The Kier molecular flexibility index (Phi) is 6.09. The summed E-state index contributed by atoms with van der Waals surface area (Å²) in [5.41, 5.74) is -0.221. The molecule has 0 saturated heterocycles. The van der Waals surface area contributed by atoms with Crippen LogP contribution in [0.15, 0.2) is 18.2 Å². The van der Waals surface area contributed by atoms with E-state index in [4.69, 9.17) is 4.74 Å². The molecule has 2 N–H and O–H groups in total. The smallest absolute Gasteiger partial charge is 0.311 e. The zero-order valence-corrected chi connectivity index (χ0v) is 12.7. The molecule has 0 aliphatic carbocycles. The van der Waals surface area contributed by atoms with Gasteiger partial charge in [-0.3, -0.25) is 10.1 Å². The van der Waals surface area contributed by atoms with Gasteiger partial charge in [0.25, 0.3) is 0 Å². The highest BCUT2D eigenvalue weighted by Crippen LogP contribution is 2.30. The second-order valence-electron chi connectivity index (χ2n) is 4.66. The van der Waals surface area contributed by atoms with Crippen LogP contribution in [0.4, 0.5) is 11.4 Å². The molecule has 6 nitrogen and oxygen atoms in total. The van der Waals surface area contributed by atoms with Crippen molar-refractivity contribution in [2.45, 2.75) is 19.4 Å². The number of nitrogens with one attached hydrogen (secondary N) is 1. The molecule has 0 spiro atoms. The van der Waals surface area contributed by atoms with Gasteiger partial charge in [-0.1, -0.05) is 0 Å². The van der Waals surface area contributed by atoms with Crippen molar-refractivity contribution < 1.29 is 14.8 Å². The Morgan fingerprint density at radius 2 is 2.25 bits per heavy atom. The number of ether oxygens (including phenoxy) is 1. The molecule has 1 aromatic carbocycles. The number of aliphatic hydroxyl groups is 1. The van der Waals surface area contributed by atoms with Crippen LogP contribution in [0.25, 0.3) is 0 Å². The van der Waals surface area contributed by atoms with Crippen molar-refractivity contribution in [3.8, 4) is 5.75 Å².